The molecule has 1 fully saturated rings. The fraction of sp³-hybridized carbons (Fsp3) is 1.00. The largest absolute Gasteiger partial charge is 0.317 e. The molecule has 0 aliphatic carbocycles. The van der Waals surface area contributed by atoms with E-state index in [9.17, 15) is 8.42 Å². The SMILES string of the molecule is CCC(CC)CS(=O)(=O)NCC1(C)CCNCC1.Cl. The van der Waals surface area contributed by atoms with Gasteiger partial charge in [0.05, 0.1) is 5.75 Å². The third kappa shape index (κ3) is 6.93. The van der Waals surface area contributed by atoms with E-state index in [1.54, 1.807) is 0 Å². The Kier molecular flexibility index (Phi) is 8.52. The molecule has 19 heavy (non-hydrogen) atoms. The van der Waals surface area contributed by atoms with Gasteiger partial charge in [0.15, 0.2) is 0 Å². The van der Waals surface area contributed by atoms with Gasteiger partial charge in [-0.15, -0.1) is 12.4 Å². The molecule has 0 radical (unpaired) electrons. The van der Waals surface area contributed by atoms with Crippen molar-refractivity contribution in [1.29, 1.82) is 0 Å². The van der Waals surface area contributed by atoms with E-state index in [4.69, 9.17) is 0 Å². The van der Waals surface area contributed by atoms with E-state index in [0.29, 0.717) is 6.54 Å². The second kappa shape index (κ2) is 8.45. The Bertz CT molecular complexity index is 337. The van der Waals surface area contributed by atoms with Crippen LogP contribution in [-0.2, 0) is 10.0 Å². The van der Waals surface area contributed by atoms with E-state index < -0.39 is 10.0 Å². The maximum Gasteiger partial charge on any atom is 0.211 e. The molecule has 0 spiro atoms. The minimum Gasteiger partial charge on any atom is -0.317 e. The Balaban J connectivity index is 0.00000324. The van der Waals surface area contributed by atoms with Gasteiger partial charge in [-0.25, -0.2) is 13.1 Å². The highest BCUT2D eigenvalue weighted by atomic mass is 35.5. The Morgan fingerprint density at radius 3 is 2.21 bits per heavy atom. The van der Waals surface area contributed by atoms with Crippen molar-refractivity contribution in [3.05, 3.63) is 0 Å². The molecule has 0 aromatic heterocycles. The van der Waals surface area contributed by atoms with Gasteiger partial charge in [0.1, 0.15) is 0 Å². The van der Waals surface area contributed by atoms with Gasteiger partial charge in [-0.2, -0.15) is 0 Å². The summed E-state index contributed by atoms with van der Waals surface area (Å²) in [4.78, 5) is 0. The molecule has 0 unspecified atom stereocenters. The first kappa shape index (κ1) is 19.2. The van der Waals surface area contributed by atoms with Gasteiger partial charge >= 0.3 is 0 Å². The molecule has 1 aliphatic rings. The van der Waals surface area contributed by atoms with Crippen molar-refractivity contribution < 1.29 is 8.42 Å². The van der Waals surface area contributed by atoms with Gasteiger partial charge in [-0.05, 0) is 37.3 Å². The average Bonchev–Trinajstić information content (AvgIpc) is 2.35. The average molecular weight is 313 g/mol. The Morgan fingerprint density at radius 2 is 1.74 bits per heavy atom. The van der Waals surface area contributed by atoms with Gasteiger partial charge in [-0.3, -0.25) is 0 Å². The maximum absolute atomic E-state index is 12.0. The van der Waals surface area contributed by atoms with Gasteiger partial charge in [0, 0.05) is 6.54 Å². The Morgan fingerprint density at radius 1 is 1.21 bits per heavy atom. The minimum absolute atomic E-state index is 0. The summed E-state index contributed by atoms with van der Waals surface area (Å²) in [6.45, 7) is 8.84. The number of sulfonamides is 1. The highest BCUT2D eigenvalue weighted by molar-refractivity contribution is 7.89. The predicted molar refractivity (Wildman–Crippen MR) is 83.3 cm³/mol. The maximum atomic E-state index is 12.0. The lowest BCUT2D eigenvalue weighted by atomic mass is 9.81. The topological polar surface area (TPSA) is 58.2 Å². The van der Waals surface area contributed by atoms with E-state index in [1.165, 1.54) is 0 Å². The highest BCUT2D eigenvalue weighted by Crippen LogP contribution is 2.27. The molecule has 0 saturated carbocycles. The van der Waals surface area contributed by atoms with Crippen molar-refractivity contribution in [2.45, 2.75) is 46.5 Å². The van der Waals surface area contributed by atoms with Crippen molar-refractivity contribution in [3.8, 4) is 0 Å². The Labute approximate surface area is 124 Å². The summed E-state index contributed by atoms with van der Waals surface area (Å²) in [5.41, 5.74) is 0.117. The minimum atomic E-state index is -3.11. The van der Waals surface area contributed by atoms with Crippen molar-refractivity contribution >= 4 is 22.4 Å². The zero-order valence-corrected chi connectivity index (χ0v) is 14.0. The van der Waals surface area contributed by atoms with Gasteiger partial charge in [-0.1, -0.05) is 33.6 Å². The van der Waals surface area contributed by atoms with Crippen LogP contribution < -0.4 is 10.0 Å². The van der Waals surface area contributed by atoms with Crippen LogP contribution in [0.1, 0.15) is 46.5 Å². The van der Waals surface area contributed by atoms with Crippen LogP contribution >= 0.6 is 12.4 Å². The lowest BCUT2D eigenvalue weighted by Gasteiger charge is -2.34. The monoisotopic (exact) mass is 312 g/mol. The van der Waals surface area contributed by atoms with E-state index in [1.807, 2.05) is 0 Å². The summed E-state index contributed by atoms with van der Waals surface area (Å²) in [7, 11) is -3.11. The lowest BCUT2D eigenvalue weighted by Crippen LogP contribution is -2.43. The number of hydrogen-bond acceptors (Lipinski definition) is 3. The first-order chi connectivity index (χ1) is 8.41. The number of halogens is 1. The molecule has 0 aromatic rings. The summed E-state index contributed by atoms with van der Waals surface area (Å²) in [6.07, 6.45) is 3.94. The lowest BCUT2D eigenvalue weighted by molar-refractivity contribution is 0.232. The summed E-state index contributed by atoms with van der Waals surface area (Å²) in [5.74, 6) is 0.553. The number of nitrogens with one attached hydrogen (secondary N) is 2. The molecule has 1 heterocycles. The van der Waals surface area contributed by atoms with E-state index in [2.05, 4.69) is 30.8 Å². The second-order valence-corrected chi connectivity index (χ2v) is 7.70. The van der Waals surface area contributed by atoms with E-state index in [0.717, 1.165) is 38.8 Å². The molecule has 116 valence electrons. The number of hydrogen-bond donors (Lipinski definition) is 2. The summed E-state index contributed by atoms with van der Waals surface area (Å²) in [5, 5.41) is 3.31. The van der Waals surface area contributed by atoms with Crippen LogP contribution in [0.3, 0.4) is 0 Å². The zero-order valence-electron chi connectivity index (χ0n) is 12.4. The second-order valence-electron chi connectivity index (χ2n) is 5.85. The molecule has 6 heteroatoms. The zero-order chi connectivity index (χ0) is 13.6. The molecule has 0 atom stereocenters. The molecular formula is C13H29ClN2O2S. The molecule has 4 nitrogen and oxygen atoms in total. The van der Waals surface area contributed by atoms with E-state index in [-0.39, 0.29) is 29.5 Å². The predicted octanol–water partition coefficient (Wildman–Crippen LogP) is 2.15. The quantitative estimate of drug-likeness (QED) is 0.757. The standard InChI is InChI=1S/C13H28N2O2S.ClH/c1-4-12(5-2)10-18(16,17)15-11-13(3)6-8-14-9-7-13;/h12,14-15H,4-11H2,1-3H3;1H. The van der Waals surface area contributed by atoms with Gasteiger partial charge in [0.25, 0.3) is 0 Å². The normalized spacial score (nSPS) is 19.2. The third-order valence-electron chi connectivity index (χ3n) is 4.14. The van der Waals surface area contributed by atoms with Gasteiger partial charge < -0.3 is 5.32 Å². The van der Waals surface area contributed by atoms with Crippen molar-refractivity contribution in [3.63, 3.8) is 0 Å². The van der Waals surface area contributed by atoms with Crippen LogP contribution in [-0.4, -0.2) is 33.8 Å². The van der Waals surface area contributed by atoms with Crippen LogP contribution in [0.15, 0.2) is 0 Å². The molecule has 1 rings (SSSR count). The van der Waals surface area contributed by atoms with Crippen LogP contribution in [0.5, 0.6) is 0 Å². The molecule has 1 aliphatic heterocycles. The van der Waals surface area contributed by atoms with Crippen LogP contribution in [0, 0.1) is 11.3 Å². The fourth-order valence-corrected chi connectivity index (χ4v) is 4.16. The molecular weight excluding hydrogens is 284 g/mol. The van der Waals surface area contributed by atoms with E-state index >= 15 is 0 Å². The third-order valence-corrected chi connectivity index (χ3v) is 5.63. The van der Waals surface area contributed by atoms with Crippen LogP contribution in [0.25, 0.3) is 0 Å². The summed E-state index contributed by atoms with van der Waals surface area (Å²) >= 11 is 0. The molecule has 1 saturated heterocycles. The number of piperidine rings is 1. The van der Waals surface area contributed by atoms with Gasteiger partial charge in [0.2, 0.25) is 10.0 Å². The van der Waals surface area contributed by atoms with Crippen LogP contribution in [0.2, 0.25) is 0 Å². The molecule has 0 bridgehead atoms. The fourth-order valence-electron chi connectivity index (χ4n) is 2.38. The molecule has 0 amide bonds. The van der Waals surface area contributed by atoms with Crippen LogP contribution in [0.4, 0.5) is 0 Å². The van der Waals surface area contributed by atoms with Crippen molar-refractivity contribution in [1.82, 2.24) is 10.0 Å². The summed E-state index contributed by atoms with van der Waals surface area (Å²) in [6, 6.07) is 0. The summed E-state index contributed by atoms with van der Waals surface area (Å²) < 4.78 is 26.8. The van der Waals surface area contributed by atoms with Crippen molar-refractivity contribution in [2.24, 2.45) is 11.3 Å². The first-order valence-corrected chi connectivity index (χ1v) is 8.74. The molecule has 2 N–H and O–H groups in total. The Hall–Kier alpha value is 0.160. The number of rotatable bonds is 7. The molecule has 0 aromatic carbocycles. The highest BCUT2D eigenvalue weighted by Gasteiger charge is 2.28. The first-order valence-electron chi connectivity index (χ1n) is 7.09. The smallest absolute Gasteiger partial charge is 0.211 e. The van der Waals surface area contributed by atoms with Crippen molar-refractivity contribution in [2.75, 3.05) is 25.4 Å².